The lowest BCUT2D eigenvalue weighted by molar-refractivity contribution is -0.112. The lowest BCUT2D eigenvalue weighted by Crippen LogP contribution is -2.60. The predicted molar refractivity (Wildman–Crippen MR) is 104 cm³/mol. The van der Waals surface area contributed by atoms with Gasteiger partial charge in [-0.15, -0.1) is 0 Å². The molecule has 158 valence electrons. The third-order valence-electron chi connectivity index (χ3n) is 6.35. The van der Waals surface area contributed by atoms with Gasteiger partial charge < -0.3 is 9.88 Å². The number of nitrogens with one attached hydrogen (secondary N) is 1. The molecule has 2 aromatic rings. The minimum absolute atomic E-state index is 0.140. The molecule has 0 amide bonds. The van der Waals surface area contributed by atoms with Crippen molar-refractivity contribution in [2.24, 2.45) is 5.92 Å². The van der Waals surface area contributed by atoms with Crippen molar-refractivity contribution >= 4 is 27.2 Å². The molecule has 2 aromatic heterocycles. The van der Waals surface area contributed by atoms with Crippen LogP contribution in [0.25, 0.3) is 11.0 Å². The number of aromatic nitrogens is 3. The van der Waals surface area contributed by atoms with Crippen LogP contribution in [0.2, 0.25) is 0 Å². The summed E-state index contributed by atoms with van der Waals surface area (Å²) >= 11 is 0. The Labute approximate surface area is 168 Å². The van der Waals surface area contributed by atoms with Crippen molar-refractivity contribution in [3.05, 3.63) is 18.5 Å². The summed E-state index contributed by atoms with van der Waals surface area (Å²) in [5.41, 5.74) is 0.301. The molecule has 1 aliphatic heterocycles. The number of piperazine rings is 1. The van der Waals surface area contributed by atoms with Crippen LogP contribution in [-0.4, -0.2) is 76.7 Å². The highest BCUT2D eigenvalue weighted by Gasteiger charge is 2.57. The van der Waals surface area contributed by atoms with E-state index in [0.717, 1.165) is 23.9 Å². The van der Waals surface area contributed by atoms with Crippen LogP contribution in [0.5, 0.6) is 0 Å². The topological polar surface area (TPSA) is 85.4 Å². The van der Waals surface area contributed by atoms with Crippen LogP contribution in [-0.2, 0) is 10.2 Å². The minimum Gasteiger partial charge on any atom is -0.346 e. The van der Waals surface area contributed by atoms with Gasteiger partial charge in [0.2, 0.25) is 11.9 Å². The van der Waals surface area contributed by atoms with Gasteiger partial charge in [-0.2, -0.15) is 22.0 Å². The van der Waals surface area contributed by atoms with Crippen LogP contribution in [0.4, 0.5) is 14.7 Å². The number of rotatable bonds is 5. The van der Waals surface area contributed by atoms with Crippen LogP contribution in [0.1, 0.15) is 25.7 Å². The number of aromatic amines is 1. The van der Waals surface area contributed by atoms with E-state index in [9.17, 15) is 17.2 Å². The molecule has 0 radical (unpaired) electrons. The summed E-state index contributed by atoms with van der Waals surface area (Å²) in [5, 5.41) is 0.930. The molecule has 3 fully saturated rings. The third kappa shape index (κ3) is 3.28. The number of hydrogen-bond acceptors (Lipinski definition) is 5. The summed E-state index contributed by atoms with van der Waals surface area (Å²) in [5.74, 6) is -2.32. The zero-order valence-electron chi connectivity index (χ0n) is 16.2. The van der Waals surface area contributed by atoms with Crippen molar-refractivity contribution in [3.63, 3.8) is 0 Å². The second-order valence-corrected chi connectivity index (χ2v) is 10.5. The van der Waals surface area contributed by atoms with E-state index in [4.69, 9.17) is 0 Å². The van der Waals surface area contributed by atoms with Crippen molar-refractivity contribution in [1.82, 2.24) is 23.6 Å². The average molecular weight is 426 g/mol. The van der Waals surface area contributed by atoms with E-state index in [-0.39, 0.29) is 25.3 Å². The van der Waals surface area contributed by atoms with E-state index < -0.39 is 21.7 Å². The van der Waals surface area contributed by atoms with Gasteiger partial charge in [-0.25, -0.2) is 13.8 Å². The maximum absolute atomic E-state index is 13.2. The Kier molecular flexibility index (Phi) is 4.17. The predicted octanol–water partition coefficient (Wildman–Crippen LogP) is 1.83. The Morgan fingerprint density at radius 3 is 2.76 bits per heavy atom. The summed E-state index contributed by atoms with van der Waals surface area (Å²) in [6.45, 7) is 1.50. The van der Waals surface area contributed by atoms with Gasteiger partial charge in [-0.05, 0) is 24.8 Å². The molecule has 8 nitrogen and oxygen atoms in total. The largest absolute Gasteiger partial charge is 0.346 e. The molecule has 0 bridgehead atoms. The molecule has 2 saturated carbocycles. The maximum atomic E-state index is 13.2. The van der Waals surface area contributed by atoms with E-state index in [1.165, 1.54) is 11.4 Å². The van der Waals surface area contributed by atoms with Gasteiger partial charge in [0.05, 0.1) is 5.54 Å². The van der Waals surface area contributed by atoms with Crippen LogP contribution in [0.3, 0.4) is 0 Å². The molecule has 11 heteroatoms. The molecule has 0 unspecified atom stereocenters. The molecule has 1 spiro atoms. The van der Waals surface area contributed by atoms with Gasteiger partial charge in [-0.3, -0.25) is 0 Å². The summed E-state index contributed by atoms with van der Waals surface area (Å²) in [4.78, 5) is 14.1. The number of hydrogen-bond donors (Lipinski definition) is 1. The maximum Gasteiger partial charge on any atom is 0.282 e. The van der Waals surface area contributed by atoms with Crippen molar-refractivity contribution < 1.29 is 17.2 Å². The smallest absolute Gasteiger partial charge is 0.282 e. The fourth-order valence-electron chi connectivity index (χ4n) is 4.57. The van der Waals surface area contributed by atoms with Gasteiger partial charge in [-0.1, -0.05) is 0 Å². The quantitative estimate of drug-likeness (QED) is 0.789. The standard InChI is InChI=1S/C18H24F2N6O2S/c1-24(11-13-8-18(19,20)9-13)29(27,28)26-7-6-25(12-17(26)3-4-17)16-22-10-14-2-5-21-15(14)23-16/h2,5,10,13H,3-4,6-9,11-12H2,1H3,(H,21,22,23). The third-order valence-corrected chi connectivity index (χ3v) is 8.41. The second kappa shape index (κ2) is 6.32. The lowest BCUT2D eigenvalue weighted by atomic mass is 9.81. The SMILES string of the molecule is CN(CC1CC(F)(F)C1)S(=O)(=O)N1CCN(c2ncc3cc[nH]c3n2)CC12CC2. The van der Waals surface area contributed by atoms with Crippen molar-refractivity contribution in [2.75, 3.05) is 38.1 Å². The van der Waals surface area contributed by atoms with Gasteiger partial charge in [0, 0.05) is 63.8 Å². The average Bonchev–Trinajstić information content (AvgIpc) is 3.23. The van der Waals surface area contributed by atoms with Crippen molar-refractivity contribution in [1.29, 1.82) is 0 Å². The fourth-order valence-corrected chi connectivity index (χ4v) is 6.34. The Morgan fingerprint density at radius 1 is 1.31 bits per heavy atom. The molecular formula is C18H24F2N6O2S. The molecule has 1 saturated heterocycles. The molecule has 2 aliphatic carbocycles. The highest BCUT2D eigenvalue weighted by molar-refractivity contribution is 7.86. The molecule has 0 aromatic carbocycles. The summed E-state index contributed by atoms with van der Waals surface area (Å²) < 4.78 is 55.4. The highest BCUT2D eigenvalue weighted by Crippen LogP contribution is 2.47. The van der Waals surface area contributed by atoms with E-state index in [1.54, 1.807) is 10.5 Å². The summed E-state index contributed by atoms with van der Waals surface area (Å²) in [6, 6.07) is 1.90. The first-order valence-corrected chi connectivity index (χ1v) is 11.3. The molecule has 1 N–H and O–H groups in total. The number of nitrogens with zero attached hydrogens (tertiary/aromatic N) is 5. The Morgan fingerprint density at radius 2 is 2.07 bits per heavy atom. The molecule has 5 rings (SSSR count). The monoisotopic (exact) mass is 426 g/mol. The van der Waals surface area contributed by atoms with Crippen LogP contribution >= 0.6 is 0 Å². The van der Waals surface area contributed by atoms with Crippen LogP contribution < -0.4 is 4.90 Å². The molecule has 0 atom stereocenters. The second-order valence-electron chi connectivity index (χ2n) is 8.59. The number of H-pyrrole nitrogens is 1. The van der Waals surface area contributed by atoms with Crippen LogP contribution in [0, 0.1) is 5.92 Å². The van der Waals surface area contributed by atoms with E-state index >= 15 is 0 Å². The number of alkyl halides is 2. The summed E-state index contributed by atoms with van der Waals surface area (Å²) in [6.07, 6.45) is 4.67. The Balaban J connectivity index is 1.30. The van der Waals surface area contributed by atoms with Gasteiger partial charge >= 0.3 is 0 Å². The fraction of sp³-hybridized carbons (Fsp3) is 0.667. The highest BCUT2D eigenvalue weighted by atomic mass is 32.2. The van der Waals surface area contributed by atoms with Crippen molar-refractivity contribution in [3.8, 4) is 0 Å². The minimum atomic E-state index is -3.70. The van der Waals surface area contributed by atoms with E-state index in [2.05, 4.69) is 15.0 Å². The molecule has 3 aliphatic rings. The Hall–Kier alpha value is -1.85. The Bertz CT molecular complexity index is 1030. The molecule has 3 heterocycles. The van der Waals surface area contributed by atoms with Crippen LogP contribution in [0.15, 0.2) is 18.5 Å². The zero-order chi connectivity index (χ0) is 20.4. The van der Waals surface area contributed by atoms with Gasteiger partial charge in [0.1, 0.15) is 5.65 Å². The first-order valence-electron chi connectivity index (χ1n) is 9.86. The van der Waals surface area contributed by atoms with Gasteiger partial charge in [0.25, 0.3) is 10.2 Å². The van der Waals surface area contributed by atoms with E-state index in [1.807, 2.05) is 17.2 Å². The van der Waals surface area contributed by atoms with E-state index in [0.29, 0.717) is 25.6 Å². The first-order chi connectivity index (χ1) is 13.7. The summed E-state index contributed by atoms with van der Waals surface area (Å²) in [7, 11) is -2.20. The number of fused-ring (bicyclic) bond motifs is 1. The number of halogens is 2. The lowest BCUT2D eigenvalue weighted by Gasteiger charge is -2.43. The molecular weight excluding hydrogens is 402 g/mol. The number of anilines is 1. The zero-order valence-corrected chi connectivity index (χ0v) is 17.0. The van der Waals surface area contributed by atoms with Crippen molar-refractivity contribution in [2.45, 2.75) is 37.1 Å². The van der Waals surface area contributed by atoms with Gasteiger partial charge in [0.15, 0.2) is 0 Å². The molecule has 29 heavy (non-hydrogen) atoms. The first kappa shape index (κ1) is 19.1. The normalized spacial score (nSPS) is 24.3.